The Morgan fingerprint density at radius 3 is 1.64 bits per heavy atom. The number of ether oxygens (including phenoxy) is 5. The van der Waals surface area contributed by atoms with Crippen LogP contribution in [0.15, 0.2) is 36.6 Å². The molecule has 0 aromatic heterocycles. The van der Waals surface area contributed by atoms with Crippen LogP contribution in [0.25, 0.3) is 0 Å². The number of carbonyl (C=O) groups is 2. The highest BCUT2D eigenvalue weighted by molar-refractivity contribution is 6.13. The quantitative estimate of drug-likeness (QED) is 0.235. The molecule has 0 aliphatic carbocycles. The van der Waals surface area contributed by atoms with Gasteiger partial charge in [-0.05, 0) is 13.8 Å². The number of allylic oxidation sites excluding steroid dienone is 2. The number of hydrogen-bond donors (Lipinski definition) is 0. The SMILES string of the molecule is C/C=C/N1C(=O)C=CC1=O.C/C=C\COCCOCCOCCOCCOC. The van der Waals surface area contributed by atoms with Crippen molar-refractivity contribution in [1.82, 2.24) is 4.90 Å². The second-order valence-electron chi connectivity index (χ2n) is 5.34. The molecule has 0 aromatic carbocycles. The van der Waals surface area contributed by atoms with Crippen LogP contribution in [-0.4, -0.2) is 83.3 Å². The van der Waals surface area contributed by atoms with Crippen LogP contribution in [0.1, 0.15) is 13.8 Å². The fourth-order valence-corrected chi connectivity index (χ4v) is 1.76. The maximum atomic E-state index is 10.7. The summed E-state index contributed by atoms with van der Waals surface area (Å²) in [4.78, 5) is 22.5. The van der Waals surface area contributed by atoms with E-state index in [4.69, 9.17) is 23.7 Å². The first-order valence-electron chi connectivity index (χ1n) is 9.26. The van der Waals surface area contributed by atoms with Crippen LogP contribution in [0.5, 0.6) is 0 Å². The monoisotopic (exact) mass is 399 g/mol. The van der Waals surface area contributed by atoms with Gasteiger partial charge in [-0.2, -0.15) is 0 Å². The highest BCUT2D eigenvalue weighted by Crippen LogP contribution is 2.02. The van der Waals surface area contributed by atoms with Crippen molar-refractivity contribution in [2.24, 2.45) is 0 Å². The number of rotatable bonds is 15. The van der Waals surface area contributed by atoms with Gasteiger partial charge in [0.2, 0.25) is 0 Å². The van der Waals surface area contributed by atoms with Gasteiger partial charge in [-0.25, -0.2) is 0 Å². The molecular formula is C20H33NO7. The van der Waals surface area contributed by atoms with Crippen LogP contribution in [0.2, 0.25) is 0 Å². The second kappa shape index (κ2) is 19.9. The van der Waals surface area contributed by atoms with Crippen molar-refractivity contribution in [1.29, 1.82) is 0 Å². The lowest BCUT2D eigenvalue weighted by Crippen LogP contribution is -2.23. The third kappa shape index (κ3) is 15.2. The molecule has 0 unspecified atom stereocenters. The first-order chi connectivity index (χ1) is 13.7. The summed E-state index contributed by atoms with van der Waals surface area (Å²) < 4.78 is 26.0. The van der Waals surface area contributed by atoms with Gasteiger partial charge in [-0.3, -0.25) is 14.5 Å². The lowest BCUT2D eigenvalue weighted by molar-refractivity contribution is -0.133. The molecule has 8 nitrogen and oxygen atoms in total. The largest absolute Gasteiger partial charge is 0.382 e. The molecule has 0 radical (unpaired) electrons. The van der Waals surface area contributed by atoms with Crippen LogP contribution >= 0.6 is 0 Å². The predicted molar refractivity (Wildman–Crippen MR) is 106 cm³/mol. The van der Waals surface area contributed by atoms with Gasteiger partial charge in [-0.1, -0.05) is 18.2 Å². The normalized spacial score (nSPS) is 13.8. The van der Waals surface area contributed by atoms with Crippen molar-refractivity contribution in [3.63, 3.8) is 0 Å². The summed E-state index contributed by atoms with van der Waals surface area (Å²) in [5, 5.41) is 0. The Morgan fingerprint density at radius 1 is 0.750 bits per heavy atom. The minimum Gasteiger partial charge on any atom is -0.382 e. The van der Waals surface area contributed by atoms with E-state index in [1.165, 1.54) is 18.4 Å². The molecule has 0 spiro atoms. The predicted octanol–water partition coefficient (Wildman–Crippen LogP) is 1.72. The average molecular weight is 399 g/mol. The van der Waals surface area contributed by atoms with E-state index in [1.807, 2.05) is 19.1 Å². The summed E-state index contributed by atoms with van der Waals surface area (Å²) >= 11 is 0. The number of hydrogen-bond acceptors (Lipinski definition) is 7. The first kappa shape index (κ1) is 26.2. The molecule has 1 aliphatic rings. The fourth-order valence-electron chi connectivity index (χ4n) is 1.76. The zero-order valence-corrected chi connectivity index (χ0v) is 17.1. The van der Waals surface area contributed by atoms with Gasteiger partial charge in [0.15, 0.2) is 0 Å². The minimum atomic E-state index is -0.275. The topological polar surface area (TPSA) is 83.5 Å². The summed E-state index contributed by atoms with van der Waals surface area (Å²) in [5.41, 5.74) is 0. The van der Waals surface area contributed by atoms with E-state index >= 15 is 0 Å². The van der Waals surface area contributed by atoms with Gasteiger partial charge in [-0.15, -0.1) is 0 Å². The molecule has 0 atom stereocenters. The first-order valence-corrected chi connectivity index (χ1v) is 9.26. The standard InChI is InChI=1S/C13H26O5.C7H7NO2/c1-3-4-5-15-8-9-17-12-13-18-11-10-16-7-6-14-2;1-2-5-8-6(9)3-4-7(8)10/h3-4H,5-13H2,1-2H3;2-5H,1H3/b4-3-;5-2+. The molecule has 1 rings (SSSR count). The second-order valence-corrected chi connectivity index (χ2v) is 5.34. The third-order valence-corrected chi connectivity index (χ3v) is 3.14. The van der Waals surface area contributed by atoms with Crippen LogP contribution in [-0.2, 0) is 33.3 Å². The summed E-state index contributed by atoms with van der Waals surface area (Å²) in [6.45, 7) is 9.17. The number of imide groups is 1. The molecule has 8 heteroatoms. The van der Waals surface area contributed by atoms with Gasteiger partial charge >= 0.3 is 0 Å². The Hall–Kier alpha value is -1.84. The number of methoxy groups -OCH3 is 1. The Kier molecular flexibility index (Phi) is 18.6. The summed E-state index contributed by atoms with van der Waals surface area (Å²) in [6.07, 6.45) is 9.52. The minimum absolute atomic E-state index is 0.275. The van der Waals surface area contributed by atoms with Crippen LogP contribution < -0.4 is 0 Å². The van der Waals surface area contributed by atoms with E-state index in [0.717, 1.165) is 4.90 Å². The fraction of sp³-hybridized carbons (Fsp3) is 0.600. The highest BCUT2D eigenvalue weighted by Gasteiger charge is 2.19. The molecule has 0 N–H and O–H groups in total. The van der Waals surface area contributed by atoms with Crippen molar-refractivity contribution >= 4 is 11.8 Å². The van der Waals surface area contributed by atoms with Gasteiger partial charge in [0, 0.05) is 25.5 Å². The van der Waals surface area contributed by atoms with Crippen molar-refractivity contribution in [3.05, 3.63) is 36.6 Å². The zero-order valence-electron chi connectivity index (χ0n) is 17.1. The van der Waals surface area contributed by atoms with Crippen molar-refractivity contribution in [2.45, 2.75) is 13.8 Å². The van der Waals surface area contributed by atoms with Crippen LogP contribution in [0.4, 0.5) is 0 Å². The van der Waals surface area contributed by atoms with Crippen molar-refractivity contribution in [3.8, 4) is 0 Å². The van der Waals surface area contributed by atoms with E-state index in [1.54, 1.807) is 20.1 Å². The maximum Gasteiger partial charge on any atom is 0.257 e. The van der Waals surface area contributed by atoms with E-state index in [2.05, 4.69) is 0 Å². The van der Waals surface area contributed by atoms with Crippen molar-refractivity contribution in [2.75, 3.05) is 66.6 Å². The average Bonchev–Trinajstić information content (AvgIpc) is 3.01. The van der Waals surface area contributed by atoms with Crippen LogP contribution in [0, 0.1) is 0 Å². The third-order valence-electron chi connectivity index (χ3n) is 3.14. The van der Waals surface area contributed by atoms with Gasteiger partial charge < -0.3 is 23.7 Å². The van der Waals surface area contributed by atoms with E-state index in [9.17, 15) is 9.59 Å². The molecule has 1 aliphatic heterocycles. The molecule has 1 heterocycles. The van der Waals surface area contributed by atoms with Gasteiger partial charge in [0.1, 0.15) is 0 Å². The molecular weight excluding hydrogens is 366 g/mol. The lowest BCUT2D eigenvalue weighted by Gasteiger charge is -2.06. The lowest BCUT2D eigenvalue weighted by atomic mass is 10.5. The number of carbonyl (C=O) groups excluding carboxylic acids is 2. The summed E-state index contributed by atoms with van der Waals surface area (Å²) in [7, 11) is 1.65. The van der Waals surface area contributed by atoms with Gasteiger partial charge in [0.25, 0.3) is 11.8 Å². The molecule has 0 bridgehead atoms. The van der Waals surface area contributed by atoms with Crippen LogP contribution in [0.3, 0.4) is 0 Å². The Bertz CT molecular complexity index is 471. The smallest absolute Gasteiger partial charge is 0.257 e. The summed E-state index contributed by atoms with van der Waals surface area (Å²) in [5.74, 6) is -0.550. The Balaban J connectivity index is 0.000000609. The molecule has 0 fully saturated rings. The Morgan fingerprint density at radius 2 is 1.21 bits per heavy atom. The molecule has 0 saturated carbocycles. The Labute approximate surface area is 167 Å². The molecule has 0 aromatic rings. The molecule has 160 valence electrons. The highest BCUT2D eigenvalue weighted by atomic mass is 16.6. The van der Waals surface area contributed by atoms with Gasteiger partial charge in [0.05, 0.1) is 59.5 Å². The number of nitrogens with zero attached hydrogens (tertiary/aromatic N) is 1. The number of amides is 2. The molecule has 2 amide bonds. The van der Waals surface area contributed by atoms with E-state index in [0.29, 0.717) is 59.5 Å². The molecule has 0 saturated heterocycles. The maximum absolute atomic E-state index is 10.7. The van der Waals surface area contributed by atoms with Crippen molar-refractivity contribution < 1.29 is 33.3 Å². The zero-order chi connectivity index (χ0) is 20.9. The summed E-state index contributed by atoms with van der Waals surface area (Å²) in [6, 6.07) is 0. The van der Waals surface area contributed by atoms with E-state index in [-0.39, 0.29) is 11.8 Å². The van der Waals surface area contributed by atoms with E-state index < -0.39 is 0 Å². The molecule has 28 heavy (non-hydrogen) atoms.